The molecule has 9 heteroatoms. The van der Waals surface area contributed by atoms with Crippen molar-refractivity contribution in [3.63, 3.8) is 0 Å². The van der Waals surface area contributed by atoms with E-state index < -0.39 is 0 Å². The molecule has 0 bridgehead atoms. The zero-order valence-corrected chi connectivity index (χ0v) is 37.9. The van der Waals surface area contributed by atoms with E-state index in [0.29, 0.717) is 51.6 Å². The van der Waals surface area contributed by atoms with Crippen LogP contribution in [0.4, 0.5) is 0 Å². The van der Waals surface area contributed by atoms with Gasteiger partial charge in [-0.3, -0.25) is 0 Å². The van der Waals surface area contributed by atoms with Gasteiger partial charge in [0, 0.05) is 44.2 Å². The summed E-state index contributed by atoms with van der Waals surface area (Å²) in [4.78, 5) is 31.0. The molecule has 0 saturated heterocycles. The van der Waals surface area contributed by atoms with E-state index in [9.17, 15) is 10.5 Å². The maximum absolute atomic E-state index is 9.63. The Bertz CT molecular complexity index is 3800. The summed E-state index contributed by atoms with van der Waals surface area (Å²) >= 11 is 0. The number of hydrogen-bond acceptors (Lipinski definition) is 8. The molecule has 0 amide bonds. The lowest BCUT2D eigenvalue weighted by molar-refractivity contribution is 1.06. The van der Waals surface area contributed by atoms with Gasteiger partial charge in [-0.2, -0.15) is 10.5 Å². The van der Waals surface area contributed by atoms with Crippen molar-refractivity contribution in [1.82, 2.24) is 34.5 Å². The molecule has 71 heavy (non-hydrogen) atoms. The molecule has 0 radical (unpaired) electrons. The van der Waals surface area contributed by atoms with Crippen LogP contribution in [0.2, 0.25) is 0 Å². The molecular weight excluding hydrogens is 871 g/mol. The Hall–Kier alpha value is -10.2. The molecule has 0 saturated carbocycles. The Morgan fingerprint density at radius 2 is 0.606 bits per heavy atom. The van der Waals surface area contributed by atoms with Crippen LogP contribution in [0.15, 0.2) is 224 Å². The third-order valence-electron chi connectivity index (χ3n) is 12.6. The maximum atomic E-state index is 9.63. The number of benzene rings is 9. The predicted octanol–water partition coefficient (Wildman–Crippen LogP) is 14.2. The van der Waals surface area contributed by atoms with E-state index in [1.54, 1.807) is 0 Å². The minimum Gasteiger partial charge on any atom is -0.308 e. The maximum Gasteiger partial charge on any atom is 0.166 e. The van der Waals surface area contributed by atoms with E-state index in [-0.39, 0.29) is 0 Å². The second-order valence-corrected chi connectivity index (χ2v) is 17.0. The first kappa shape index (κ1) is 42.2. The first-order valence-corrected chi connectivity index (χ1v) is 23.1. The molecule has 0 spiro atoms. The first-order chi connectivity index (χ1) is 35.1. The van der Waals surface area contributed by atoms with E-state index in [4.69, 9.17) is 29.9 Å². The van der Waals surface area contributed by atoms with Gasteiger partial charge in [0.15, 0.2) is 34.9 Å². The molecule has 0 aliphatic heterocycles. The van der Waals surface area contributed by atoms with Gasteiger partial charge in [0.25, 0.3) is 0 Å². The number of hydrogen-bond donors (Lipinski definition) is 0. The average Bonchev–Trinajstić information content (AvgIpc) is 3.78. The van der Waals surface area contributed by atoms with Crippen LogP contribution < -0.4 is 0 Å². The molecule has 9 nitrogen and oxygen atoms in total. The van der Waals surface area contributed by atoms with E-state index in [1.165, 1.54) is 0 Å². The number of aromatic nitrogens is 7. The number of fused-ring (bicyclic) bond motifs is 3. The number of rotatable bonds is 9. The predicted molar refractivity (Wildman–Crippen MR) is 280 cm³/mol. The minimum absolute atomic E-state index is 0.455. The van der Waals surface area contributed by atoms with Crippen LogP contribution in [0.5, 0.6) is 0 Å². The highest BCUT2D eigenvalue weighted by molar-refractivity contribution is 6.11. The van der Waals surface area contributed by atoms with Crippen LogP contribution in [0, 0.1) is 22.7 Å². The van der Waals surface area contributed by atoms with E-state index in [1.807, 2.05) is 170 Å². The molecular formula is C62H37N9. The highest BCUT2D eigenvalue weighted by Gasteiger charge is 2.23. The van der Waals surface area contributed by atoms with Gasteiger partial charge in [0.1, 0.15) is 0 Å². The smallest absolute Gasteiger partial charge is 0.166 e. The zero-order valence-electron chi connectivity index (χ0n) is 37.9. The first-order valence-electron chi connectivity index (χ1n) is 23.1. The topological polar surface area (TPSA) is 130 Å². The molecule has 3 aromatic heterocycles. The third kappa shape index (κ3) is 8.12. The Kier molecular flexibility index (Phi) is 10.8. The molecule has 0 atom stereocenters. The average molecular weight is 908 g/mol. The molecule has 0 aliphatic rings. The molecule has 0 N–H and O–H groups in total. The minimum atomic E-state index is 0.455. The van der Waals surface area contributed by atoms with Crippen LogP contribution in [0.25, 0.3) is 118 Å². The lowest BCUT2D eigenvalue weighted by atomic mass is 10.0. The molecule has 0 fully saturated rings. The van der Waals surface area contributed by atoms with E-state index in [2.05, 4.69) is 71.3 Å². The van der Waals surface area contributed by atoms with Crippen LogP contribution in [0.1, 0.15) is 11.1 Å². The second kappa shape index (κ2) is 18.1. The van der Waals surface area contributed by atoms with Crippen LogP contribution in [-0.2, 0) is 0 Å². The van der Waals surface area contributed by atoms with E-state index >= 15 is 0 Å². The van der Waals surface area contributed by atoms with Crippen molar-refractivity contribution in [1.29, 1.82) is 10.5 Å². The largest absolute Gasteiger partial charge is 0.308 e. The van der Waals surface area contributed by atoms with Crippen LogP contribution in [0.3, 0.4) is 0 Å². The second-order valence-electron chi connectivity index (χ2n) is 17.0. The molecule has 3 heterocycles. The van der Waals surface area contributed by atoms with Gasteiger partial charge in [-0.15, -0.1) is 0 Å². The summed E-state index contributed by atoms with van der Waals surface area (Å²) in [5.74, 6) is 3.09. The molecule has 12 rings (SSSR count). The summed E-state index contributed by atoms with van der Waals surface area (Å²) in [7, 11) is 0. The summed E-state index contributed by atoms with van der Waals surface area (Å²) in [6, 6.07) is 78.9. The van der Waals surface area contributed by atoms with Crippen LogP contribution >= 0.6 is 0 Å². The van der Waals surface area contributed by atoms with Gasteiger partial charge in [-0.1, -0.05) is 170 Å². The van der Waals surface area contributed by atoms with Gasteiger partial charge < -0.3 is 4.57 Å². The summed E-state index contributed by atoms with van der Waals surface area (Å²) in [5, 5.41) is 21.3. The summed E-state index contributed by atoms with van der Waals surface area (Å²) < 4.78 is 2.29. The third-order valence-corrected chi connectivity index (χ3v) is 12.6. The molecule has 9 aromatic carbocycles. The quantitative estimate of drug-likeness (QED) is 0.140. The number of nitriles is 2. The normalized spacial score (nSPS) is 11.1. The molecule has 330 valence electrons. The van der Waals surface area contributed by atoms with Gasteiger partial charge in [0.05, 0.1) is 40.0 Å². The fourth-order valence-electron chi connectivity index (χ4n) is 9.03. The van der Waals surface area contributed by atoms with Gasteiger partial charge >= 0.3 is 0 Å². The van der Waals surface area contributed by atoms with Gasteiger partial charge in [-0.25, -0.2) is 29.9 Å². The van der Waals surface area contributed by atoms with Gasteiger partial charge in [-0.05, 0) is 76.9 Å². The Morgan fingerprint density at radius 3 is 0.972 bits per heavy atom. The van der Waals surface area contributed by atoms with E-state index in [0.717, 1.165) is 77.6 Å². The fraction of sp³-hybridized carbons (Fsp3) is 0. The van der Waals surface area contributed by atoms with Crippen molar-refractivity contribution in [3.8, 4) is 108 Å². The highest BCUT2D eigenvalue weighted by atomic mass is 15.1. The molecule has 12 aromatic rings. The van der Waals surface area contributed by atoms with Crippen LogP contribution in [-0.4, -0.2) is 34.5 Å². The van der Waals surface area contributed by atoms with Crippen molar-refractivity contribution < 1.29 is 0 Å². The van der Waals surface area contributed by atoms with Crippen molar-refractivity contribution in [2.24, 2.45) is 0 Å². The van der Waals surface area contributed by atoms with Crippen molar-refractivity contribution >= 4 is 21.8 Å². The standard InChI is InChI=1S/C62H37N9/c63-38-40-21-25-42(26-22-40)48-29-32-51-52-33-30-49(43-27-23-41(39-64)24-28-43)37-56(52)71(55(51)36-48)54-34-31-50(61-67-57(44-13-5-1-6-14-44)65-58(68-61)45-15-7-2-8-16-45)35-53(54)62-69-59(46-17-9-3-10-18-46)66-60(70-62)47-19-11-4-12-20-47/h1-37H. The van der Waals surface area contributed by atoms with Crippen molar-refractivity contribution in [2.45, 2.75) is 0 Å². The Labute approximate surface area is 409 Å². The molecule has 0 aliphatic carbocycles. The SMILES string of the molecule is N#Cc1ccc(-c2ccc3c4ccc(-c5ccc(C#N)cc5)cc4n(-c4ccc(-c5nc(-c6ccccc6)nc(-c6ccccc6)n5)cc4-c4nc(-c5ccccc5)nc(-c5ccccc5)n4)c3c2)cc1. The van der Waals surface area contributed by atoms with Gasteiger partial charge in [0.2, 0.25) is 0 Å². The summed E-state index contributed by atoms with van der Waals surface area (Å²) in [5.41, 5.74) is 12.7. The van der Waals surface area contributed by atoms with Crippen molar-refractivity contribution in [3.05, 3.63) is 236 Å². The summed E-state index contributed by atoms with van der Waals surface area (Å²) in [6.07, 6.45) is 0. The van der Waals surface area contributed by atoms with Crippen molar-refractivity contribution in [2.75, 3.05) is 0 Å². The highest BCUT2D eigenvalue weighted by Crippen LogP contribution is 2.41. The fourth-order valence-corrected chi connectivity index (χ4v) is 9.03. The molecule has 0 unspecified atom stereocenters. The monoisotopic (exact) mass is 907 g/mol. The Morgan fingerprint density at radius 1 is 0.282 bits per heavy atom. The zero-order chi connectivity index (χ0) is 47.7. The Balaban J connectivity index is 1.17. The lowest BCUT2D eigenvalue weighted by Gasteiger charge is -2.17. The lowest BCUT2D eigenvalue weighted by Crippen LogP contribution is -2.05. The summed E-state index contributed by atoms with van der Waals surface area (Å²) in [6.45, 7) is 0. The number of nitrogens with zero attached hydrogens (tertiary/aromatic N) is 9.